The third-order valence-electron chi connectivity index (χ3n) is 3.31. The van der Waals surface area contributed by atoms with E-state index in [9.17, 15) is 0 Å². The summed E-state index contributed by atoms with van der Waals surface area (Å²) < 4.78 is 0. The van der Waals surface area contributed by atoms with Gasteiger partial charge in [-0.2, -0.15) is 0 Å². The van der Waals surface area contributed by atoms with Crippen molar-refractivity contribution in [2.45, 2.75) is 39.5 Å². The Labute approximate surface area is 116 Å². The first-order valence-electron chi connectivity index (χ1n) is 7.27. The Morgan fingerprint density at radius 2 is 1.42 bits per heavy atom. The van der Waals surface area contributed by atoms with Crippen molar-refractivity contribution in [2.24, 2.45) is 0 Å². The van der Waals surface area contributed by atoms with Gasteiger partial charge in [0.15, 0.2) is 0 Å². The Balaban J connectivity index is 2.20. The molecule has 0 aromatic heterocycles. The Morgan fingerprint density at radius 3 is 2.11 bits per heavy atom. The lowest BCUT2D eigenvalue weighted by Gasteiger charge is -2.12. The van der Waals surface area contributed by atoms with Gasteiger partial charge >= 0.3 is 0 Å². The number of hydrogen-bond acceptors (Lipinski definition) is 1. The molecule has 0 unspecified atom stereocenters. The molecule has 0 heterocycles. The number of benzene rings is 2. The van der Waals surface area contributed by atoms with Crippen LogP contribution in [-0.2, 0) is 12.8 Å². The highest BCUT2D eigenvalue weighted by Gasteiger charge is 2.03. The van der Waals surface area contributed by atoms with Gasteiger partial charge in [-0.25, -0.2) is 0 Å². The van der Waals surface area contributed by atoms with Crippen LogP contribution in [0.2, 0.25) is 0 Å². The van der Waals surface area contributed by atoms with Crippen molar-refractivity contribution in [3.8, 4) is 0 Å². The number of anilines is 2. The molecule has 2 rings (SSSR count). The van der Waals surface area contributed by atoms with Crippen molar-refractivity contribution >= 4 is 11.4 Å². The Kier molecular flexibility index (Phi) is 5.02. The van der Waals surface area contributed by atoms with Crippen LogP contribution in [0.3, 0.4) is 0 Å². The lowest BCUT2D eigenvalue weighted by Crippen LogP contribution is -1.97. The molecular formula is C18H23N. The molecule has 0 saturated carbocycles. The number of aryl methyl sites for hydroxylation is 2. The third kappa shape index (κ3) is 3.85. The van der Waals surface area contributed by atoms with Crippen LogP contribution in [0.5, 0.6) is 0 Å². The molecule has 0 aliphatic heterocycles. The summed E-state index contributed by atoms with van der Waals surface area (Å²) in [6.45, 7) is 4.48. The maximum atomic E-state index is 3.47. The predicted molar refractivity (Wildman–Crippen MR) is 84.2 cm³/mol. The van der Waals surface area contributed by atoms with Gasteiger partial charge in [0, 0.05) is 11.4 Å². The molecule has 0 aliphatic rings. The zero-order chi connectivity index (χ0) is 13.5. The summed E-state index contributed by atoms with van der Waals surface area (Å²) in [6.07, 6.45) is 4.76. The first-order valence-corrected chi connectivity index (χ1v) is 7.27. The zero-order valence-corrected chi connectivity index (χ0v) is 11.9. The van der Waals surface area contributed by atoms with Crippen molar-refractivity contribution < 1.29 is 0 Å². The minimum Gasteiger partial charge on any atom is -0.356 e. The van der Waals surface area contributed by atoms with Gasteiger partial charge in [0.2, 0.25) is 0 Å². The van der Waals surface area contributed by atoms with E-state index in [1.165, 1.54) is 42.5 Å². The fourth-order valence-electron chi connectivity index (χ4n) is 2.41. The first kappa shape index (κ1) is 13.7. The summed E-state index contributed by atoms with van der Waals surface area (Å²) in [5.41, 5.74) is 5.33. The molecule has 0 fully saturated rings. The maximum absolute atomic E-state index is 3.47. The quantitative estimate of drug-likeness (QED) is 0.733. The van der Waals surface area contributed by atoms with Crippen molar-refractivity contribution in [1.82, 2.24) is 0 Å². The van der Waals surface area contributed by atoms with Gasteiger partial charge in [-0.3, -0.25) is 0 Å². The van der Waals surface area contributed by atoms with E-state index in [0.29, 0.717) is 0 Å². The molecule has 0 spiro atoms. The van der Waals surface area contributed by atoms with E-state index in [0.717, 1.165) is 5.69 Å². The lowest BCUT2D eigenvalue weighted by molar-refractivity contribution is 0.861. The second-order valence-corrected chi connectivity index (χ2v) is 4.97. The van der Waals surface area contributed by atoms with Gasteiger partial charge in [0.25, 0.3) is 0 Å². The monoisotopic (exact) mass is 253 g/mol. The van der Waals surface area contributed by atoms with E-state index in [2.05, 4.69) is 61.6 Å². The molecule has 0 radical (unpaired) electrons. The van der Waals surface area contributed by atoms with Crippen LogP contribution in [0, 0.1) is 0 Å². The second-order valence-electron chi connectivity index (χ2n) is 4.97. The van der Waals surface area contributed by atoms with Crippen LogP contribution in [0.1, 0.15) is 37.8 Å². The first-order chi connectivity index (χ1) is 9.33. The van der Waals surface area contributed by atoms with Crippen LogP contribution >= 0.6 is 0 Å². The average molecular weight is 253 g/mol. The van der Waals surface area contributed by atoms with Crippen molar-refractivity contribution in [1.29, 1.82) is 0 Å². The molecule has 2 aromatic rings. The molecule has 19 heavy (non-hydrogen) atoms. The standard InChI is InChI=1S/C18H23N/c1-3-8-15-12-13-18(14-16(15)9-4-2)19-17-10-6-5-7-11-17/h5-7,10-14,19H,3-4,8-9H2,1-2H3. The molecular weight excluding hydrogens is 230 g/mol. The van der Waals surface area contributed by atoms with Gasteiger partial charge < -0.3 is 5.32 Å². The summed E-state index contributed by atoms with van der Waals surface area (Å²) in [5.74, 6) is 0. The molecule has 0 atom stereocenters. The maximum Gasteiger partial charge on any atom is 0.0387 e. The molecule has 0 bridgehead atoms. The van der Waals surface area contributed by atoms with E-state index in [1.807, 2.05) is 6.07 Å². The molecule has 1 nitrogen and oxygen atoms in total. The highest BCUT2D eigenvalue weighted by molar-refractivity contribution is 5.61. The highest BCUT2D eigenvalue weighted by atomic mass is 14.9. The molecule has 1 heteroatoms. The zero-order valence-electron chi connectivity index (χ0n) is 11.9. The summed E-state index contributed by atoms with van der Waals surface area (Å²) in [7, 11) is 0. The van der Waals surface area contributed by atoms with Crippen LogP contribution in [0.4, 0.5) is 11.4 Å². The van der Waals surface area contributed by atoms with E-state index in [-0.39, 0.29) is 0 Å². The number of para-hydroxylation sites is 1. The predicted octanol–water partition coefficient (Wildman–Crippen LogP) is 5.34. The van der Waals surface area contributed by atoms with Gasteiger partial charge in [0.05, 0.1) is 0 Å². The fourth-order valence-corrected chi connectivity index (χ4v) is 2.41. The summed E-state index contributed by atoms with van der Waals surface area (Å²) in [4.78, 5) is 0. The molecule has 0 saturated heterocycles. The van der Waals surface area contributed by atoms with E-state index in [4.69, 9.17) is 0 Å². The van der Waals surface area contributed by atoms with Crippen LogP contribution in [-0.4, -0.2) is 0 Å². The van der Waals surface area contributed by atoms with Crippen LogP contribution in [0.25, 0.3) is 0 Å². The third-order valence-corrected chi connectivity index (χ3v) is 3.31. The van der Waals surface area contributed by atoms with Crippen molar-refractivity contribution in [3.63, 3.8) is 0 Å². The van der Waals surface area contributed by atoms with Gasteiger partial charge in [-0.1, -0.05) is 51.0 Å². The van der Waals surface area contributed by atoms with E-state index >= 15 is 0 Å². The number of rotatable bonds is 6. The average Bonchev–Trinajstić information content (AvgIpc) is 2.43. The van der Waals surface area contributed by atoms with E-state index in [1.54, 1.807) is 0 Å². The topological polar surface area (TPSA) is 12.0 Å². The summed E-state index contributed by atoms with van der Waals surface area (Å²) in [6, 6.07) is 17.1. The van der Waals surface area contributed by atoms with Gasteiger partial charge in [-0.05, 0) is 48.2 Å². The molecule has 0 amide bonds. The Bertz CT molecular complexity index is 502. The number of nitrogens with one attached hydrogen (secondary N) is 1. The summed E-state index contributed by atoms with van der Waals surface area (Å²) >= 11 is 0. The largest absolute Gasteiger partial charge is 0.356 e. The minimum absolute atomic E-state index is 1.15. The number of hydrogen-bond donors (Lipinski definition) is 1. The van der Waals surface area contributed by atoms with Crippen molar-refractivity contribution in [3.05, 3.63) is 59.7 Å². The lowest BCUT2D eigenvalue weighted by atomic mass is 9.99. The Hall–Kier alpha value is -1.76. The SMILES string of the molecule is CCCc1ccc(Nc2ccccc2)cc1CCC. The Morgan fingerprint density at radius 1 is 0.737 bits per heavy atom. The van der Waals surface area contributed by atoms with E-state index < -0.39 is 0 Å². The fraction of sp³-hybridized carbons (Fsp3) is 0.333. The minimum atomic E-state index is 1.15. The normalized spacial score (nSPS) is 10.4. The molecule has 2 aromatic carbocycles. The molecule has 0 aliphatic carbocycles. The summed E-state index contributed by atoms with van der Waals surface area (Å²) in [5, 5.41) is 3.47. The van der Waals surface area contributed by atoms with Crippen molar-refractivity contribution in [2.75, 3.05) is 5.32 Å². The molecule has 100 valence electrons. The van der Waals surface area contributed by atoms with Crippen LogP contribution < -0.4 is 5.32 Å². The van der Waals surface area contributed by atoms with Crippen LogP contribution in [0.15, 0.2) is 48.5 Å². The highest BCUT2D eigenvalue weighted by Crippen LogP contribution is 2.22. The second kappa shape index (κ2) is 6.98. The van der Waals surface area contributed by atoms with Gasteiger partial charge in [0.1, 0.15) is 0 Å². The molecule has 1 N–H and O–H groups in total. The smallest absolute Gasteiger partial charge is 0.0387 e. The van der Waals surface area contributed by atoms with Gasteiger partial charge in [-0.15, -0.1) is 0 Å².